The van der Waals surface area contributed by atoms with E-state index in [9.17, 15) is 21.6 Å². The zero-order chi connectivity index (χ0) is 32.5. The molecule has 2 aliphatic rings. The zero-order valence-electron chi connectivity index (χ0n) is 26.0. The third kappa shape index (κ3) is 7.11. The van der Waals surface area contributed by atoms with Crippen molar-refractivity contribution in [2.45, 2.75) is 74.8 Å². The van der Waals surface area contributed by atoms with E-state index in [4.69, 9.17) is 11.6 Å². The first kappa shape index (κ1) is 33.5. The molecule has 2 aliphatic carbocycles. The van der Waals surface area contributed by atoms with E-state index >= 15 is 0 Å². The van der Waals surface area contributed by atoms with E-state index in [0.29, 0.717) is 33.2 Å². The Balaban J connectivity index is 1.43. The monoisotopic (exact) mass is 655 g/mol. The zero-order valence-corrected chi connectivity index (χ0v) is 27.5. The predicted molar refractivity (Wildman–Crippen MR) is 178 cm³/mol. The molecule has 0 aromatic heterocycles. The summed E-state index contributed by atoms with van der Waals surface area (Å²) < 4.78 is 70.8. The second-order valence-corrected chi connectivity index (χ2v) is 15.3. The summed E-state index contributed by atoms with van der Waals surface area (Å²) in [4.78, 5) is 0.0583. The second-order valence-electron chi connectivity index (χ2n) is 12.7. The molecule has 3 aromatic rings. The molecular weight excluding hydrogens is 615 g/mol. The van der Waals surface area contributed by atoms with Gasteiger partial charge in [-0.15, -0.1) is 0 Å². The van der Waals surface area contributed by atoms with Crippen LogP contribution in [0.25, 0.3) is 11.1 Å². The maximum absolute atomic E-state index is 14.6. The smallest absolute Gasteiger partial charge is 0.207 e. The van der Waals surface area contributed by atoms with Gasteiger partial charge in [-0.1, -0.05) is 93.3 Å². The Kier molecular flexibility index (Phi) is 10.0. The Morgan fingerprint density at radius 2 is 1.42 bits per heavy atom. The highest BCUT2D eigenvalue weighted by atomic mass is 35.5. The third-order valence-corrected chi connectivity index (χ3v) is 12.0. The van der Waals surface area contributed by atoms with Gasteiger partial charge in [-0.2, -0.15) is 13.2 Å². The first-order chi connectivity index (χ1) is 21.3. The molecule has 0 unspecified atom stereocenters. The summed E-state index contributed by atoms with van der Waals surface area (Å²) in [6.45, 7) is 8.22. The summed E-state index contributed by atoms with van der Waals surface area (Å²) in [7, 11) is -0.915. The van der Waals surface area contributed by atoms with Crippen LogP contribution in [0.4, 0.5) is 13.2 Å². The van der Waals surface area contributed by atoms with Gasteiger partial charge in [-0.3, -0.25) is 0 Å². The molecule has 0 saturated heterocycles. The molecule has 0 bridgehead atoms. The number of hydrogen-bond donors (Lipinski definition) is 0. The predicted octanol–water partition coefficient (Wildman–Crippen LogP) is 10.6. The van der Waals surface area contributed by atoms with E-state index in [-0.39, 0.29) is 21.9 Å². The lowest BCUT2D eigenvalue weighted by Crippen LogP contribution is -2.23. The minimum Gasteiger partial charge on any atom is -0.207 e. The van der Waals surface area contributed by atoms with Crippen molar-refractivity contribution >= 4 is 32.8 Å². The molecule has 0 spiro atoms. The van der Waals surface area contributed by atoms with Crippen molar-refractivity contribution in [1.29, 1.82) is 0 Å². The first-order valence-corrected chi connectivity index (χ1v) is 17.5. The fraction of sp³-hybridized carbons (Fsp3) is 0.405. The average molecular weight is 656 g/mol. The van der Waals surface area contributed by atoms with Gasteiger partial charge in [-0.05, 0) is 95.5 Å². The summed E-state index contributed by atoms with van der Waals surface area (Å²) >= 11 is 6.56. The largest absolute Gasteiger partial charge is 0.417 e. The number of hydrogen-bond acceptors (Lipinski definition) is 2. The number of sulfonamides is 1. The summed E-state index contributed by atoms with van der Waals surface area (Å²) in [6.07, 6.45) is 5.98. The van der Waals surface area contributed by atoms with Gasteiger partial charge in [-0.25, -0.2) is 12.7 Å². The van der Waals surface area contributed by atoms with Gasteiger partial charge in [0, 0.05) is 30.2 Å². The van der Waals surface area contributed by atoms with Crippen molar-refractivity contribution in [3.8, 4) is 0 Å². The van der Waals surface area contributed by atoms with Crippen LogP contribution in [0.3, 0.4) is 0 Å². The van der Waals surface area contributed by atoms with Gasteiger partial charge in [0.25, 0.3) is 0 Å². The first-order valence-electron chi connectivity index (χ1n) is 15.7. The number of nitrogens with zero attached hydrogens (tertiary/aromatic N) is 1. The van der Waals surface area contributed by atoms with E-state index in [1.165, 1.54) is 58.3 Å². The summed E-state index contributed by atoms with van der Waals surface area (Å²) in [5.41, 5.74) is 1.81. The SMILES string of the molecule is C=C(c1ccc(Cl)c(C(=C)c2ccccc2S(=O)(=O)N(C)C)c1)c1ccc(C2CCC(C3CCCCC3)CC2)cc1C(F)(F)F. The number of rotatable bonds is 8. The molecule has 240 valence electrons. The molecule has 0 amide bonds. The molecule has 0 heterocycles. The van der Waals surface area contributed by atoms with Crippen LogP contribution in [0.2, 0.25) is 5.02 Å². The maximum Gasteiger partial charge on any atom is 0.417 e. The Morgan fingerprint density at radius 3 is 2.07 bits per heavy atom. The van der Waals surface area contributed by atoms with Crippen molar-refractivity contribution in [2.75, 3.05) is 14.1 Å². The van der Waals surface area contributed by atoms with Crippen LogP contribution < -0.4 is 0 Å². The highest BCUT2D eigenvalue weighted by molar-refractivity contribution is 7.89. The normalized spacial score (nSPS) is 19.9. The molecule has 5 rings (SSSR count). The van der Waals surface area contributed by atoms with E-state index in [1.807, 2.05) is 6.07 Å². The van der Waals surface area contributed by atoms with Crippen molar-refractivity contribution < 1.29 is 21.6 Å². The van der Waals surface area contributed by atoms with Gasteiger partial charge >= 0.3 is 6.18 Å². The Hall–Kier alpha value is -2.87. The minimum absolute atomic E-state index is 0.0108. The molecule has 45 heavy (non-hydrogen) atoms. The lowest BCUT2D eigenvalue weighted by Gasteiger charge is -2.36. The standard InChI is InChI=1S/C37H41ClF3NO2S/c1-24(29-19-21-35(38)33(22-29)25(2)32-12-8-9-13-36(32)45(43,44)42(3)4)31-20-18-30(23-34(31)37(39,40)41)28-16-14-27(15-17-28)26-10-6-5-7-11-26/h8-9,12-13,18-23,26-28H,1-2,5-7,10-11,14-17H2,3-4H3. The fourth-order valence-corrected chi connectivity index (χ4v) is 8.57. The van der Waals surface area contributed by atoms with Crippen LogP contribution in [-0.4, -0.2) is 26.8 Å². The summed E-state index contributed by atoms with van der Waals surface area (Å²) in [5.74, 6) is 1.60. The molecule has 2 saturated carbocycles. The number of benzene rings is 3. The Morgan fingerprint density at radius 1 is 0.778 bits per heavy atom. The van der Waals surface area contributed by atoms with E-state index in [1.54, 1.807) is 42.5 Å². The molecular formula is C37H41ClF3NO2S. The highest BCUT2D eigenvalue weighted by Crippen LogP contribution is 2.45. The van der Waals surface area contributed by atoms with Crippen molar-refractivity contribution in [3.63, 3.8) is 0 Å². The lowest BCUT2D eigenvalue weighted by atomic mass is 9.70. The second kappa shape index (κ2) is 13.5. The van der Waals surface area contributed by atoms with Crippen molar-refractivity contribution in [2.24, 2.45) is 11.8 Å². The quantitative estimate of drug-likeness (QED) is 0.242. The van der Waals surface area contributed by atoms with Crippen molar-refractivity contribution in [1.82, 2.24) is 4.31 Å². The van der Waals surface area contributed by atoms with E-state index in [0.717, 1.165) is 41.5 Å². The Bertz CT molecular complexity index is 1680. The molecule has 0 atom stereocenters. The van der Waals surface area contributed by atoms with Crippen LogP contribution in [0, 0.1) is 11.8 Å². The topological polar surface area (TPSA) is 37.4 Å². The van der Waals surface area contributed by atoms with Crippen LogP contribution in [-0.2, 0) is 16.2 Å². The van der Waals surface area contributed by atoms with Crippen LogP contribution in [0.1, 0.15) is 97.1 Å². The number of halogens is 4. The summed E-state index contributed by atoms with van der Waals surface area (Å²) in [6, 6.07) is 16.0. The average Bonchev–Trinajstić information content (AvgIpc) is 3.04. The summed E-state index contributed by atoms with van der Waals surface area (Å²) in [5, 5.41) is 0.295. The van der Waals surface area contributed by atoms with Gasteiger partial charge in [0.05, 0.1) is 10.5 Å². The van der Waals surface area contributed by atoms with Crippen LogP contribution >= 0.6 is 11.6 Å². The molecule has 8 heteroatoms. The fourth-order valence-electron chi connectivity index (χ4n) is 7.23. The minimum atomic E-state index is -4.56. The molecule has 0 radical (unpaired) electrons. The maximum atomic E-state index is 14.6. The molecule has 0 N–H and O–H groups in total. The number of alkyl halides is 3. The van der Waals surface area contributed by atoms with Gasteiger partial charge < -0.3 is 0 Å². The highest BCUT2D eigenvalue weighted by Gasteiger charge is 2.36. The molecule has 2 fully saturated rings. The molecule has 0 aliphatic heterocycles. The van der Waals surface area contributed by atoms with Crippen LogP contribution in [0.15, 0.2) is 78.7 Å². The van der Waals surface area contributed by atoms with Crippen molar-refractivity contribution in [3.05, 3.63) is 112 Å². The van der Waals surface area contributed by atoms with Gasteiger partial charge in [0.15, 0.2) is 0 Å². The van der Waals surface area contributed by atoms with Gasteiger partial charge in [0.1, 0.15) is 0 Å². The Labute approximate surface area is 270 Å². The lowest BCUT2D eigenvalue weighted by molar-refractivity contribution is -0.137. The van der Waals surface area contributed by atoms with Crippen LogP contribution in [0.5, 0.6) is 0 Å². The van der Waals surface area contributed by atoms with E-state index < -0.39 is 21.8 Å². The third-order valence-electron chi connectivity index (χ3n) is 9.84. The molecule has 3 aromatic carbocycles. The van der Waals surface area contributed by atoms with Gasteiger partial charge in [0.2, 0.25) is 10.0 Å². The van der Waals surface area contributed by atoms with E-state index in [2.05, 4.69) is 13.2 Å². The molecule has 3 nitrogen and oxygen atoms in total.